The number of β-lactam (4-membered cyclic amide) rings is 1. The number of carbonyl (C=O) groups is 3. The normalized spacial score (nSPS) is 19.4. The number of aliphatic carboxylic acids is 1. The van der Waals surface area contributed by atoms with Crippen LogP contribution in [0, 0.1) is 0 Å². The summed E-state index contributed by atoms with van der Waals surface area (Å²) in [5, 5.41) is 15.2. The molecule has 0 aliphatic carbocycles. The van der Waals surface area contributed by atoms with E-state index in [4.69, 9.17) is 16.3 Å². The van der Waals surface area contributed by atoms with Crippen molar-refractivity contribution in [3.63, 3.8) is 0 Å². The number of thiazole rings is 1. The van der Waals surface area contributed by atoms with Crippen molar-refractivity contribution in [2.75, 3.05) is 23.8 Å². The average Bonchev–Trinajstić information content (AvgIpc) is 3.10. The van der Waals surface area contributed by atoms with Gasteiger partial charge in [0, 0.05) is 24.2 Å². The quantitative estimate of drug-likeness (QED) is 0.0753. The first-order valence-corrected chi connectivity index (χ1v) is 12.3. The summed E-state index contributed by atoms with van der Waals surface area (Å²) in [6.45, 7) is 2.72. The predicted octanol–water partition coefficient (Wildman–Crippen LogP) is -1.50. The van der Waals surface area contributed by atoms with Crippen molar-refractivity contribution in [1.29, 1.82) is 0 Å². The number of aromatic nitrogens is 1. The van der Waals surface area contributed by atoms with Gasteiger partial charge in [0.25, 0.3) is 11.8 Å². The van der Waals surface area contributed by atoms with Crippen LogP contribution in [0.3, 0.4) is 0 Å². The van der Waals surface area contributed by atoms with Crippen LogP contribution in [0.4, 0.5) is 5.13 Å². The Balaban J connectivity index is 2.29. The molecule has 17 heteroatoms. The number of carbonyl (C=O) groups excluding carboxylic acids is 2. The molecule has 178 valence electrons. The first-order chi connectivity index (χ1) is 14.8. The largest absolute Gasteiger partial charge is 0.478 e. The second-order valence-electron chi connectivity index (χ2n) is 6.90. The molecule has 1 aliphatic rings. The molecular weight excluding hydrogens is 488 g/mol. The number of carboxylic acid groups (broad SMARTS) is 1. The van der Waals surface area contributed by atoms with Gasteiger partial charge < -0.3 is 26.7 Å². The number of carboxylic acids is 1. The number of rotatable bonds is 11. The Hall–Kier alpha value is -2.47. The Morgan fingerprint density at radius 3 is 2.62 bits per heavy atom. The lowest BCUT2D eigenvalue weighted by Gasteiger charge is -2.44. The topological polar surface area (TPSA) is 228 Å². The van der Waals surface area contributed by atoms with Gasteiger partial charge in [-0.2, -0.15) is 20.2 Å². The molecule has 2 atom stereocenters. The molecule has 1 fully saturated rings. The van der Waals surface area contributed by atoms with Crippen LogP contribution < -0.4 is 16.8 Å². The molecule has 2 unspecified atom stereocenters. The van der Waals surface area contributed by atoms with E-state index in [0.29, 0.717) is 12.3 Å². The van der Waals surface area contributed by atoms with Crippen molar-refractivity contribution in [2.24, 2.45) is 10.9 Å². The first-order valence-electron chi connectivity index (χ1n) is 8.90. The van der Waals surface area contributed by atoms with Crippen LogP contribution in [-0.2, 0) is 29.5 Å². The van der Waals surface area contributed by atoms with Gasteiger partial charge in [-0.3, -0.25) is 14.1 Å². The first kappa shape index (κ1) is 25.8. The van der Waals surface area contributed by atoms with Gasteiger partial charge in [0.1, 0.15) is 6.04 Å². The summed E-state index contributed by atoms with van der Waals surface area (Å²) in [4.78, 5) is 45.4. The second-order valence-corrected chi connectivity index (χ2v) is 10.4. The van der Waals surface area contributed by atoms with E-state index in [1.54, 1.807) is 0 Å². The Kier molecular flexibility index (Phi) is 8.05. The van der Waals surface area contributed by atoms with Gasteiger partial charge in [-0.25, -0.2) is 14.1 Å². The highest BCUT2D eigenvalue weighted by Gasteiger charge is 2.54. The zero-order valence-electron chi connectivity index (χ0n) is 16.9. The molecule has 2 rings (SSSR count). The minimum absolute atomic E-state index is 0.0657. The number of nitrogen functional groups attached to an aromatic ring is 1. The van der Waals surface area contributed by atoms with Crippen LogP contribution in [0.15, 0.2) is 11.4 Å². The van der Waals surface area contributed by atoms with E-state index >= 15 is 0 Å². The molecule has 1 aromatic rings. The van der Waals surface area contributed by atoms with Crippen LogP contribution >= 0.6 is 23.1 Å². The third kappa shape index (κ3) is 5.85. The summed E-state index contributed by atoms with van der Waals surface area (Å²) in [6, 6.07) is -2.36. The monoisotopic (exact) mass is 510 g/mol. The summed E-state index contributed by atoms with van der Waals surface area (Å²) in [5.41, 5.74) is 8.79. The van der Waals surface area contributed by atoms with Crippen molar-refractivity contribution < 1.29 is 37.3 Å². The summed E-state index contributed by atoms with van der Waals surface area (Å²) in [7, 11) is -4.84. The predicted molar refractivity (Wildman–Crippen MR) is 116 cm³/mol. The van der Waals surface area contributed by atoms with Crippen molar-refractivity contribution in [3.05, 3.63) is 11.1 Å². The highest BCUT2D eigenvalue weighted by atomic mass is 32.2. The van der Waals surface area contributed by atoms with Gasteiger partial charge >= 0.3 is 16.3 Å². The highest BCUT2D eigenvalue weighted by Crippen LogP contribution is 2.27. The fourth-order valence-corrected chi connectivity index (χ4v) is 4.97. The lowest BCUT2D eigenvalue weighted by atomic mass is 10.0. The molecule has 1 saturated heterocycles. The van der Waals surface area contributed by atoms with Crippen molar-refractivity contribution >= 4 is 62.0 Å². The van der Waals surface area contributed by atoms with E-state index in [1.165, 1.54) is 31.8 Å². The minimum Gasteiger partial charge on any atom is -0.478 e. The van der Waals surface area contributed by atoms with Crippen LogP contribution in [0.25, 0.3) is 0 Å². The Morgan fingerprint density at radius 2 is 2.12 bits per heavy atom. The molecule has 14 nitrogen and oxygen atoms in total. The molecular formula is C15H22N6O8S3. The molecule has 1 aromatic heterocycles. The number of hydrogen-bond acceptors (Lipinski definition) is 12. The molecule has 0 saturated carbocycles. The minimum atomic E-state index is -4.84. The van der Waals surface area contributed by atoms with E-state index in [0.717, 1.165) is 11.3 Å². The molecule has 0 aromatic carbocycles. The van der Waals surface area contributed by atoms with E-state index < -0.39 is 51.5 Å². The lowest BCUT2D eigenvalue weighted by molar-refractivity contribution is -0.161. The average molecular weight is 511 g/mol. The number of oxime groups is 1. The van der Waals surface area contributed by atoms with Gasteiger partial charge in [-0.15, -0.1) is 0 Å². The number of amides is 2. The highest BCUT2D eigenvalue weighted by molar-refractivity contribution is 7.99. The third-order valence-electron chi connectivity index (χ3n) is 4.11. The number of nitrogens with zero attached hydrogens (tertiary/aromatic N) is 3. The molecule has 0 spiro atoms. The number of nitrogens with two attached hydrogens (primary N) is 2. The Labute approximate surface area is 191 Å². The smallest absolute Gasteiger partial charge is 0.362 e. The maximum absolute atomic E-state index is 12.9. The van der Waals surface area contributed by atoms with Crippen LogP contribution in [-0.4, -0.2) is 86.6 Å². The molecule has 2 amide bonds. The number of hydrogen-bond donors (Lipinski definition) is 5. The lowest BCUT2D eigenvalue weighted by Crippen LogP contribution is -2.73. The van der Waals surface area contributed by atoms with Gasteiger partial charge in [-0.1, -0.05) is 16.5 Å². The molecule has 32 heavy (non-hydrogen) atoms. The van der Waals surface area contributed by atoms with Crippen molar-refractivity contribution in [2.45, 2.75) is 31.5 Å². The maximum Gasteiger partial charge on any atom is 0.362 e. The summed E-state index contributed by atoms with van der Waals surface area (Å²) in [5.74, 6) is -2.84. The van der Waals surface area contributed by atoms with Gasteiger partial charge in [0.15, 0.2) is 10.8 Å². The van der Waals surface area contributed by atoms with E-state index in [-0.39, 0.29) is 20.1 Å². The van der Waals surface area contributed by atoms with Gasteiger partial charge in [0.2, 0.25) is 5.60 Å². The number of anilines is 1. The third-order valence-corrected chi connectivity index (χ3v) is 6.99. The van der Waals surface area contributed by atoms with E-state index in [1.807, 2.05) is 0 Å². The molecule has 0 radical (unpaired) electrons. The van der Waals surface area contributed by atoms with Crippen LogP contribution in [0.5, 0.6) is 0 Å². The zero-order valence-corrected chi connectivity index (χ0v) is 19.4. The summed E-state index contributed by atoms with van der Waals surface area (Å²) >= 11 is 2.08. The van der Waals surface area contributed by atoms with Crippen LogP contribution in [0.1, 0.15) is 18.7 Å². The fourth-order valence-electron chi connectivity index (χ4n) is 2.42. The standard InChI is InChI=1S/C15H22N6O8S3/c1-15(2,13(24)25)29-20-10(8-5-18-14(17)31-8)11(22)19-9-7(6-30-4-3-16)21(12(9)23)32(26,27)28/h5,7,9H,3-4,6,16H2,1-2H3,(H2,17,18)(H,19,22)(H,24,25)(H,26,27,28)/b20-10-. The second kappa shape index (κ2) is 9.99. The molecule has 2 heterocycles. The Bertz CT molecular complexity index is 1020. The summed E-state index contributed by atoms with van der Waals surface area (Å²) < 4.78 is 32.6. The van der Waals surface area contributed by atoms with E-state index in [2.05, 4.69) is 15.5 Å². The molecule has 0 bridgehead atoms. The zero-order chi connectivity index (χ0) is 24.3. The Morgan fingerprint density at radius 1 is 1.47 bits per heavy atom. The van der Waals surface area contributed by atoms with Gasteiger partial charge in [0.05, 0.1) is 10.9 Å². The number of nitrogens with one attached hydrogen (secondary N) is 1. The van der Waals surface area contributed by atoms with Crippen molar-refractivity contribution in [3.8, 4) is 0 Å². The molecule has 1 aliphatic heterocycles. The van der Waals surface area contributed by atoms with E-state index in [9.17, 15) is 32.5 Å². The summed E-state index contributed by atoms with van der Waals surface area (Å²) in [6.07, 6.45) is 1.21. The maximum atomic E-state index is 12.9. The van der Waals surface area contributed by atoms with Crippen LogP contribution in [0.2, 0.25) is 0 Å². The molecule has 7 N–H and O–H groups in total. The fraction of sp³-hybridized carbons (Fsp3) is 0.533. The number of thioether (sulfide) groups is 1. The van der Waals surface area contributed by atoms with Gasteiger partial charge in [-0.05, 0) is 13.8 Å². The SMILES string of the molecule is CC(C)(O/N=C(\C(=O)NC1C(=O)N(S(=O)(=O)O)C1CSCCN)c1cnc(N)s1)C(=O)O. The van der Waals surface area contributed by atoms with Crippen molar-refractivity contribution in [1.82, 2.24) is 14.6 Å².